The van der Waals surface area contributed by atoms with Crippen LogP contribution in [0.25, 0.3) is 10.2 Å². The fraction of sp³-hybridized carbons (Fsp3) is 0.548. The fourth-order valence-corrected chi connectivity index (χ4v) is 6.90. The minimum atomic E-state index is -0.624. The number of carbonyl (C=O) groups is 2. The van der Waals surface area contributed by atoms with Gasteiger partial charge in [-0.3, -0.25) is 9.59 Å². The Morgan fingerprint density at radius 2 is 1.93 bits per heavy atom. The second-order valence-corrected chi connectivity index (χ2v) is 13.4. The average Bonchev–Trinajstić information content (AvgIpc) is 3.35. The predicted molar refractivity (Wildman–Crippen MR) is 164 cm³/mol. The molecule has 0 aliphatic carbocycles. The molecule has 41 heavy (non-hydrogen) atoms. The van der Waals surface area contributed by atoms with Crippen LogP contribution in [0.15, 0.2) is 36.5 Å². The number of piperidine rings is 2. The number of aromatic nitrogens is 2. The van der Waals surface area contributed by atoms with Gasteiger partial charge in [0.05, 0.1) is 40.3 Å². The van der Waals surface area contributed by atoms with Crippen LogP contribution in [0.2, 0.25) is 0 Å². The summed E-state index contributed by atoms with van der Waals surface area (Å²) in [6.45, 7) is 10.4. The number of para-hydroxylation sites is 1. The molecule has 220 valence electrons. The van der Waals surface area contributed by atoms with E-state index in [1.54, 1.807) is 11.0 Å². The van der Waals surface area contributed by atoms with Crippen molar-refractivity contribution in [1.29, 1.82) is 0 Å². The van der Waals surface area contributed by atoms with E-state index in [0.29, 0.717) is 55.2 Å². The lowest BCUT2D eigenvalue weighted by atomic mass is 9.83. The topological polar surface area (TPSA) is 114 Å². The van der Waals surface area contributed by atoms with E-state index in [-0.39, 0.29) is 5.92 Å². The zero-order valence-corrected chi connectivity index (χ0v) is 25.4. The molecule has 1 aromatic carbocycles. The number of hydrogen-bond donors (Lipinski definition) is 2. The third-order valence-corrected chi connectivity index (χ3v) is 9.87. The van der Waals surface area contributed by atoms with Crippen LogP contribution in [-0.4, -0.2) is 77.0 Å². The second kappa shape index (κ2) is 12.4. The molecule has 0 saturated carbocycles. The summed E-state index contributed by atoms with van der Waals surface area (Å²) in [5.41, 5.74) is 8.67. The Hall–Kier alpha value is -3.08. The number of nitrogens with two attached hydrogens (primary N) is 1. The minimum absolute atomic E-state index is 0.206. The number of rotatable bonds is 3. The Kier molecular flexibility index (Phi) is 8.91. The van der Waals surface area contributed by atoms with Crippen LogP contribution in [0.4, 0.5) is 11.5 Å². The van der Waals surface area contributed by atoms with Crippen LogP contribution < -0.4 is 11.1 Å². The number of anilines is 2. The summed E-state index contributed by atoms with van der Waals surface area (Å²) >= 11 is 1.88. The first-order valence-electron chi connectivity index (χ1n) is 14.6. The van der Waals surface area contributed by atoms with Crippen molar-refractivity contribution in [2.75, 3.05) is 50.9 Å². The summed E-state index contributed by atoms with van der Waals surface area (Å²) in [6, 6.07) is 10.2. The van der Waals surface area contributed by atoms with Gasteiger partial charge in [-0.2, -0.15) is 0 Å². The van der Waals surface area contributed by atoms with Crippen molar-refractivity contribution < 1.29 is 14.3 Å². The number of nitrogens with one attached hydrogen (secondary N) is 1. The molecule has 3 saturated heterocycles. The number of likely N-dealkylation sites (tertiary alicyclic amines) is 2. The molecule has 2 amide bonds. The number of ether oxygens (including phenoxy) is 1. The number of pyridine rings is 1. The second-order valence-electron chi connectivity index (χ2n) is 12.3. The van der Waals surface area contributed by atoms with Crippen LogP contribution >= 0.6 is 11.3 Å². The minimum Gasteiger partial charge on any atom is -0.383 e. The normalized spacial score (nSPS) is 22.9. The number of hydrogen-bond acceptors (Lipinski definition) is 8. The van der Waals surface area contributed by atoms with E-state index in [2.05, 4.69) is 67.3 Å². The van der Waals surface area contributed by atoms with Crippen LogP contribution in [0, 0.1) is 5.92 Å². The number of nitrogen functional groups attached to an aromatic ring is 1. The Morgan fingerprint density at radius 1 is 1.15 bits per heavy atom. The highest BCUT2D eigenvalue weighted by Crippen LogP contribution is 2.39. The lowest BCUT2D eigenvalue weighted by molar-refractivity contribution is -0.144. The van der Waals surface area contributed by atoms with Gasteiger partial charge in [-0.05, 0) is 77.2 Å². The maximum atomic E-state index is 12.2. The molecule has 2 aromatic heterocycles. The van der Waals surface area contributed by atoms with Crippen LogP contribution in [-0.2, 0) is 14.3 Å². The van der Waals surface area contributed by atoms with E-state index in [1.807, 2.05) is 11.3 Å². The van der Waals surface area contributed by atoms with Gasteiger partial charge in [0.1, 0.15) is 5.82 Å². The number of amides is 2. The third kappa shape index (κ3) is 6.88. The van der Waals surface area contributed by atoms with Crippen LogP contribution in [0.1, 0.15) is 68.9 Å². The van der Waals surface area contributed by atoms with E-state index >= 15 is 0 Å². The summed E-state index contributed by atoms with van der Waals surface area (Å²) in [5, 5.41) is 3.97. The van der Waals surface area contributed by atoms with Gasteiger partial charge < -0.3 is 25.6 Å². The molecule has 3 N–H and O–H groups in total. The summed E-state index contributed by atoms with van der Waals surface area (Å²) in [4.78, 5) is 37.4. The van der Waals surface area contributed by atoms with Gasteiger partial charge in [-0.25, -0.2) is 9.97 Å². The van der Waals surface area contributed by atoms with Gasteiger partial charge in [0.2, 0.25) is 0 Å². The van der Waals surface area contributed by atoms with Gasteiger partial charge in [0.25, 0.3) is 0 Å². The standard InChI is InChI=1S/C16H22N4O3.C15H20N2S/c1-10-3-2-4-20(7-10)16(22)15(21)19-12-5-13(11-8-23-9-11)14(17)18-6-12;1-15(2)10-11(8-9-17(15)3)14-16-12-6-4-5-7-13(12)18-14/h5-6,10-11H,2-4,7-9H2,1H3,(H2,17,18)(H,19,21);4-7,11H,8-10H2,1-3H3/t;11-/m.1/s1. The largest absolute Gasteiger partial charge is 0.383 e. The lowest BCUT2D eigenvalue weighted by Gasteiger charge is -2.43. The summed E-state index contributed by atoms with van der Waals surface area (Å²) in [5.74, 6) is 0.603. The molecule has 6 rings (SSSR count). The van der Waals surface area contributed by atoms with Crippen molar-refractivity contribution in [2.24, 2.45) is 5.92 Å². The van der Waals surface area contributed by atoms with Gasteiger partial charge in [0.15, 0.2) is 0 Å². The van der Waals surface area contributed by atoms with Crippen molar-refractivity contribution in [3.63, 3.8) is 0 Å². The molecule has 0 bridgehead atoms. The lowest BCUT2D eigenvalue weighted by Crippen LogP contribution is -2.46. The third-order valence-electron chi connectivity index (χ3n) is 8.68. The van der Waals surface area contributed by atoms with Gasteiger partial charge in [0, 0.05) is 36.0 Å². The predicted octanol–water partition coefficient (Wildman–Crippen LogP) is 4.86. The first-order valence-corrected chi connectivity index (χ1v) is 15.4. The van der Waals surface area contributed by atoms with E-state index in [9.17, 15) is 9.59 Å². The summed E-state index contributed by atoms with van der Waals surface area (Å²) in [6.07, 6.45) is 5.96. The molecule has 0 spiro atoms. The number of thiazole rings is 1. The van der Waals surface area contributed by atoms with E-state index in [0.717, 1.165) is 23.9 Å². The van der Waals surface area contributed by atoms with Crippen LogP contribution in [0.3, 0.4) is 0 Å². The monoisotopic (exact) mass is 578 g/mol. The SMILES string of the molecule is CC1CCCN(C(=O)C(=O)Nc2cnc(N)c(C3COC3)c2)C1.CN1CC[C@@H](c2nc3ccccc3s2)CC1(C)C. The Balaban J connectivity index is 0.000000169. The first-order chi connectivity index (χ1) is 19.6. The zero-order valence-electron chi connectivity index (χ0n) is 24.6. The van der Waals surface area contributed by atoms with E-state index < -0.39 is 11.8 Å². The molecule has 10 heteroatoms. The molecule has 3 fully saturated rings. The van der Waals surface area contributed by atoms with Crippen molar-refractivity contribution in [3.05, 3.63) is 47.1 Å². The highest BCUT2D eigenvalue weighted by Gasteiger charge is 2.34. The first kappa shape index (κ1) is 29.4. The molecule has 3 aromatic rings. The van der Waals surface area contributed by atoms with Crippen molar-refractivity contribution in [1.82, 2.24) is 19.8 Å². The van der Waals surface area contributed by atoms with Crippen molar-refractivity contribution in [2.45, 2.75) is 63.8 Å². The molecular weight excluding hydrogens is 536 g/mol. The number of carbonyl (C=O) groups excluding carboxylic acids is 2. The van der Waals surface area contributed by atoms with Crippen molar-refractivity contribution in [3.8, 4) is 0 Å². The summed E-state index contributed by atoms with van der Waals surface area (Å²) < 4.78 is 6.48. The Bertz CT molecular complexity index is 1350. The number of nitrogens with zero attached hydrogens (tertiary/aromatic N) is 4. The number of benzene rings is 1. The Labute approximate surface area is 246 Å². The van der Waals surface area contributed by atoms with E-state index in [1.165, 1.54) is 35.3 Å². The highest BCUT2D eigenvalue weighted by molar-refractivity contribution is 7.18. The molecule has 0 radical (unpaired) electrons. The molecule has 9 nitrogen and oxygen atoms in total. The smallest absolute Gasteiger partial charge is 0.313 e. The molecule has 5 heterocycles. The molecule has 3 aliphatic heterocycles. The molecular formula is C31H42N6O3S. The summed E-state index contributed by atoms with van der Waals surface area (Å²) in [7, 11) is 2.23. The average molecular weight is 579 g/mol. The number of fused-ring (bicyclic) bond motifs is 1. The van der Waals surface area contributed by atoms with Gasteiger partial charge in [-0.15, -0.1) is 11.3 Å². The molecule has 2 atom stereocenters. The Morgan fingerprint density at radius 3 is 2.61 bits per heavy atom. The van der Waals surface area contributed by atoms with Crippen LogP contribution in [0.5, 0.6) is 0 Å². The highest BCUT2D eigenvalue weighted by atomic mass is 32.1. The van der Waals surface area contributed by atoms with Gasteiger partial charge >= 0.3 is 11.8 Å². The molecule has 1 unspecified atom stereocenters. The maximum Gasteiger partial charge on any atom is 0.313 e. The zero-order chi connectivity index (χ0) is 29.1. The maximum absolute atomic E-state index is 12.2. The van der Waals surface area contributed by atoms with Gasteiger partial charge in [-0.1, -0.05) is 19.1 Å². The molecule has 3 aliphatic rings. The fourth-order valence-electron chi connectivity index (χ4n) is 5.79. The quantitative estimate of drug-likeness (QED) is 0.427. The van der Waals surface area contributed by atoms with Crippen molar-refractivity contribution >= 4 is 44.9 Å². The van der Waals surface area contributed by atoms with E-state index in [4.69, 9.17) is 15.5 Å².